The fourth-order valence-electron chi connectivity index (χ4n) is 3.14. The van der Waals surface area contributed by atoms with Crippen LogP contribution in [0.1, 0.15) is 27.4 Å². The number of halogens is 1. The van der Waals surface area contributed by atoms with Gasteiger partial charge in [0.15, 0.2) is 9.84 Å². The van der Waals surface area contributed by atoms with Gasteiger partial charge in [-0.15, -0.1) is 0 Å². The molecule has 0 radical (unpaired) electrons. The summed E-state index contributed by atoms with van der Waals surface area (Å²) in [6, 6.07) is 16.9. The van der Waals surface area contributed by atoms with Crippen LogP contribution in [0.5, 0.6) is 0 Å². The molecule has 0 aliphatic carbocycles. The van der Waals surface area contributed by atoms with Gasteiger partial charge in [0.1, 0.15) is 11.5 Å². The number of aromatic nitrogens is 2. The van der Waals surface area contributed by atoms with Crippen LogP contribution in [0.4, 0.5) is 0 Å². The first-order valence-corrected chi connectivity index (χ1v) is 12.5. The maximum atomic E-state index is 12.7. The van der Waals surface area contributed by atoms with Gasteiger partial charge in [-0.1, -0.05) is 22.0 Å². The molecular weight excluding hydrogens is 506 g/mol. The number of nitrogens with zero attached hydrogens (tertiary/aromatic N) is 2. The third-order valence-corrected chi connectivity index (χ3v) is 7.13. The maximum absolute atomic E-state index is 12.7. The minimum atomic E-state index is -3.57. The Hall–Kier alpha value is -3.30. The first-order valence-electron chi connectivity index (χ1n) is 10.0. The molecule has 2 aromatic heterocycles. The summed E-state index contributed by atoms with van der Waals surface area (Å²) < 4.78 is 32.0. The van der Waals surface area contributed by atoms with Gasteiger partial charge in [0.2, 0.25) is 5.89 Å². The Labute approximate surface area is 200 Å². The Kier molecular flexibility index (Phi) is 6.71. The van der Waals surface area contributed by atoms with E-state index in [1.165, 1.54) is 0 Å². The highest BCUT2D eigenvalue weighted by atomic mass is 79.9. The van der Waals surface area contributed by atoms with Gasteiger partial charge >= 0.3 is 0 Å². The van der Waals surface area contributed by atoms with Crippen LogP contribution in [0.25, 0.3) is 11.5 Å². The van der Waals surface area contributed by atoms with Crippen molar-refractivity contribution >= 4 is 31.7 Å². The molecule has 168 valence electrons. The number of benzene rings is 2. The van der Waals surface area contributed by atoms with Crippen molar-refractivity contribution in [2.24, 2.45) is 0 Å². The molecule has 0 saturated heterocycles. The Morgan fingerprint density at radius 2 is 1.79 bits per heavy atom. The van der Waals surface area contributed by atoms with Gasteiger partial charge < -0.3 is 9.73 Å². The van der Waals surface area contributed by atoms with Crippen LogP contribution < -0.4 is 5.32 Å². The Morgan fingerprint density at radius 3 is 2.45 bits per heavy atom. The molecule has 0 unspecified atom stereocenters. The summed E-state index contributed by atoms with van der Waals surface area (Å²) in [7, 11) is -3.57. The van der Waals surface area contributed by atoms with Crippen LogP contribution in [0.3, 0.4) is 0 Å². The van der Waals surface area contributed by atoms with E-state index in [1.54, 1.807) is 67.8 Å². The fourth-order valence-corrected chi connectivity index (χ4v) is 4.75. The highest BCUT2D eigenvalue weighted by Crippen LogP contribution is 2.25. The predicted molar refractivity (Wildman–Crippen MR) is 127 cm³/mol. The molecule has 4 aromatic rings. The summed E-state index contributed by atoms with van der Waals surface area (Å²) in [5.74, 6) is 0.258. The molecule has 0 saturated carbocycles. The van der Waals surface area contributed by atoms with Crippen LogP contribution in [0.2, 0.25) is 0 Å². The molecule has 0 bridgehead atoms. The Balaban J connectivity index is 1.46. The number of amides is 1. The van der Waals surface area contributed by atoms with Crippen molar-refractivity contribution in [1.82, 2.24) is 15.3 Å². The quantitative estimate of drug-likeness (QED) is 0.374. The van der Waals surface area contributed by atoms with E-state index in [4.69, 9.17) is 4.42 Å². The molecule has 0 aliphatic rings. The minimum Gasteiger partial charge on any atom is -0.441 e. The van der Waals surface area contributed by atoms with Gasteiger partial charge in [-0.25, -0.2) is 13.4 Å². The number of sulfone groups is 1. The second-order valence-electron chi connectivity index (χ2n) is 7.36. The highest BCUT2D eigenvalue weighted by Gasteiger charge is 2.21. The van der Waals surface area contributed by atoms with Gasteiger partial charge in [0.25, 0.3) is 5.91 Å². The first-order chi connectivity index (χ1) is 15.8. The molecule has 1 amide bonds. The number of pyridine rings is 1. The van der Waals surface area contributed by atoms with Crippen LogP contribution in [-0.4, -0.2) is 24.3 Å². The lowest BCUT2D eigenvalue weighted by atomic mass is 10.1. The number of aryl methyl sites for hydroxylation is 1. The second-order valence-corrected chi connectivity index (χ2v) is 10.3. The largest absolute Gasteiger partial charge is 0.441 e. The zero-order valence-electron chi connectivity index (χ0n) is 17.7. The molecule has 0 aliphatic heterocycles. The normalized spacial score (nSPS) is 11.3. The third kappa shape index (κ3) is 5.55. The van der Waals surface area contributed by atoms with Crippen molar-refractivity contribution in [3.05, 3.63) is 100 Å². The number of carbonyl (C=O) groups is 1. The molecule has 7 nitrogen and oxygen atoms in total. The van der Waals surface area contributed by atoms with Crippen LogP contribution in [0.15, 0.2) is 86.8 Å². The van der Waals surface area contributed by atoms with Gasteiger partial charge in [-0.3, -0.25) is 9.78 Å². The van der Waals surface area contributed by atoms with E-state index in [0.29, 0.717) is 35.0 Å². The lowest BCUT2D eigenvalue weighted by Gasteiger charge is -2.05. The topological polar surface area (TPSA) is 102 Å². The van der Waals surface area contributed by atoms with Crippen LogP contribution >= 0.6 is 15.9 Å². The average Bonchev–Trinajstić information content (AvgIpc) is 3.18. The highest BCUT2D eigenvalue weighted by molar-refractivity contribution is 9.10. The van der Waals surface area contributed by atoms with Crippen LogP contribution in [-0.2, 0) is 22.1 Å². The molecule has 33 heavy (non-hydrogen) atoms. The van der Waals surface area contributed by atoms with Gasteiger partial charge in [0.05, 0.1) is 10.6 Å². The number of hydrogen-bond acceptors (Lipinski definition) is 6. The molecule has 0 spiro atoms. The molecule has 0 fully saturated rings. The maximum Gasteiger partial charge on any atom is 0.251 e. The summed E-state index contributed by atoms with van der Waals surface area (Å²) in [5, 5.41) is 2.84. The van der Waals surface area contributed by atoms with E-state index in [-0.39, 0.29) is 16.6 Å². The predicted octanol–water partition coefficient (Wildman–Crippen LogP) is 4.71. The van der Waals surface area contributed by atoms with Gasteiger partial charge in [-0.05, 0) is 67.1 Å². The van der Waals surface area contributed by atoms with E-state index in [2.05, 4.69) is 31.2 Å². The van der Waals surface area contributed by atoms with Gasteiger partial charge in [0, 0.05) is 34.5 Å². The lowest BCUT2D eigenvalue weighted by Crippen LogP contribution is -2.22. The van der Waals surface area contributed by atoms with E-state index >= 15 is 0 Å². The Morgan fingerprint density at radius 1 is 1.06 bits per heavy atom. The lowest BCUT2D eigenvalue weighted by molar-refractivity contribution is 0.0951. The molecular formula is C24H20BrN3O4S. The van der Waals surface area contributed by atoms with Crippen molar-refractivity contribution in [2.75, 3.05) is 0 Å². The van der Waals surface area contributed by atoms with E-state index in [9.17, 15) is 13.2 Å². The molecule has 2 heterocycles. The monoisotopic (exact) mass is 525 g/mol. The zero-order valence-corrected chi connectivity index (χ0v) is 20.1. The standard InChI is InChI=1S/C24H20BrN3O4S/c1-16-22(15-33(30,31)21-10-8-20(25)9-11-21)28-24(32-16)19-6-4-18(5-7-19)23(29)27-14-17-3-2-12-26-13-17/h2-13H,14-15H2,1H3,(H,27,29). The first kappa shape index (κ1) is 22.9. The van der Waals surface area contributed by atoms with Gasteiger partial charge in [-0.2, -0.15) is 0 Å². The van der Waals surface area contributed by atoms with Crippen molar-refractivity contribution in [2.45, 2.75) is 24.1 Å². The van der Waals surface area contributed by atoms with Crippen molar-refractivity contribution in [3.8, 4) is 11.5 Å². The number of rotatable bonds is 7. The number of carbonyl (C=O) groups excluding carboxylic acids is 1. The Bertz CT molecular complexity index is 1370. The van der Waals surface area contributed by atoms with Crippen molar-refractivity contribution < 1.29 is 17.6 Å². The third-order valence-electron chi connectivity index (χ3n) is 4.96. The average molecular weight is 526 g/mol. The summed E-state index contributed by atoms with van der Waals surface area (Å²) in [6.45, 7) is 2.06. The summed E-state index contributed by atoms with van der Waals surface area (Å²) in [6.07, 6.45) is 3.37. The fraction of sp³-hybridized carbons (Fsp3) is 0.125. The summed E-state index contributed by atoms with van der Waals surface area (Å²) in [5.41, 5.74) is 2.40. The molecule has 0 atom stereocenters. The van der Waals surface area contributed by atoms with Crippen molar-refractivity contribution in [3.63, 3.8) is 0 Å². The van der Waals surface area contributed by atoms with Crippen LogP contribution in [0, 0.1) is 6.92 Å². The van der Waals surface area contributed by atoms with E-state index in [0.717, 1.165) is 10.0 Å². The number of oxazole rings is 1. The van der Waals surface area contributed by atoms with E-state index in [1.807, 2.05) is 12.1 Å². The summed E-state index contributed by atoms with van der Waals surface area (Å²) >= 11 is 3.30. The summed E-state index contributed by atoms with van der Waals surface area (Å²) in [4.78, 5) is 21.0. The SMILES string of the molecule is Cc1oc(-c2ccc(C(=O)NCc3cccnc3)cc2)nc1CS(=O)(=O)c1ccc(Br)cc1. The number of hydrogen-bond donors (Lipinski definition) is 1. The molecule has 1 N–H and O–H groups in total. The van der Waals surface area contributed by atoms with Crippen molar-refractivity contribution in [1.29, 1.82) is 0 Å². The van der Waals surface area contributed by atoms with E-state index < -0.39 is 9.84 Å². The smallest absolute Gasteiger partial charge is 0.251 e. The second kappa shape index (κ2) is 9.68. The number of nitrogens with one attached hydrogen (secondary N) is 1. The zero-order chi connectivity index (χ0) is 23.4. The minimum absolute atomic E-state index is 0.213. The molecule has 2 aromatic carbocycles. The molecule has 9 heteroatoms. The molecule has 4 rings (SSSR count).